The molecule has 2 rings (SSSR count). The molecule has 0 spiro atoms. The summed E-state index contributed by atoms with van der Waals surface area (Å²) in [5, 5.41) is 3.22. The van der Waals surface area contributed by atoms with Gasteiger partial charge in [-0.25, -0.2) is 4.98 Å². The van der Waals surface area contributed by atoms with Gasteiger partial charge in [-0.15, -0.1) is 0 Å². The topological polar surface area (TPSA) is 28.2 Å². The zero-order chi connectivity index (χ0) is 11.4. The van der Waals surface area contributed by atoms with Crippen LogP contribution < -0.4 is 10.2 Å². The van der Waals surface area contributed by atoms with Crippen LogP contribution >= 0.6 is 0 Å². The quantitative estimate of drug-likeness (QED) is 0.847. The molecule has 3 heteroatoms. The highest BCUT2D eigenvalue weighted by Gasteiger charge is 1.96. The summed E-state index contributed by atoms with van der Waals surface area (Å²) >= 11 is 0. The SMILES string of the molecule is CN(C)c1ccc(Nc2cc[c]cn2)cc1. The zero-order valence-electron chi connectivity index (χ0n) is 9.44. The number of benzene rings is 1. The predicted octanol–water partition coefficient (Wildman–Crippen LogP) is 2.69. The van der Waals surface area contributed by atoms with Crippen LogP contribution in [0.2, 0.25) is 0 Å². The molecule has 16 heavy (non-hydrogen) atoms. The number of pyridine rings is 1. The molecule has 0 bridgehead atoms. The number of anilines is 3. The van der Waals surface area contributed by atoms with Gasteiger partial charge in [-0.3, -0.25) is 0 Å². The van der Waals surface area contributed by atoms with E-state index >= 15 is 0 Å². The van der Waals surface area contributed by atoms with Crippen LogP contribution in [-0.4, -0.2) is 19.1 Å². The number of aromatic nitrogens is 1. The smallest absolute Gasteiger partial charge is 0.130 e. The fraction of sp³-hybridized carbons (Fsp3) is 0.154. The Morgan fingerprint density at radius 1 is 1.12 bits per heavy atom. The Bertz CT molecular complexity index is 434. The third-order valence-electron chi connectivity index (χ3n) is 2.27. The van der Waals surface area contributed by atoms with Crippen LogP contribution in [0.3, 0.4) is 0 Å². The van der Waals surface area contributed by atoms with Gasteiger partial charge in [0.1, 0.15) is 5.82 Å². The van der Waals surface area contributed by atoms with Crippen molar-refractivity contribution in [2.24, 2.45) is 0 Å². The lowest BCUT2D eigenvalue weighted by Gasteiger charge is -2.13. The summed E-state index contributed by atoms with van der Waals surface area (Å²) in [5.41, 5.74) is 2.21. The van der Waals surface area contributed by atoms with E-state index in [1.54, 1.807) is 6.20 Å². The standard InChI is InChI=1S/C13H14N3/c1-16(2)12-8-6-11(7-9-12)15-13-5-3-4-10-14-13/h3,5-10H,1-2H3,(H,14,15). The van der Waals surface area contributed by atoms with Crippen LogP contribution in [0.25, 0.3) is 0 Å². The van der Waals surface area contributed by atoms with Crippen molar-refractivity contribution >= 4 is 17.2 Å². The molecule has 0 amide bonds. The minimum absolute atomic E-state index is 0.830. The van der Waals surface area contributed by atoms with Gasteiger partial charge >= 0.3 is 0 Å². The van der Waals surface area contributed by atoms with Gasteiger partial charge in [-0.2, -0.15) is 0 Å². The lowest BCUT2D eigenvalue weighted by molar-refractivity contribution is 1.13. The first-order valence-corrected chi connectivity index (χ1v) is 5.12. The van der Waals surface area contributed by atoms with E-state index in [1.165, 1.54) is 5.69 Å². The summed E-state index contributed by atoms with van der Waals surface area (Å²) in [6, 6.07) is 14.8. The van der Waals surface area contributed by atoms with Crippen molar-refractivity contribution in [3.8, 4) is 0 Å². The van der Waals surface area contributed by atoms with Gasteiger partial charge in [0.15, 0.2) is 0 Å². The molecule has 0 aliphatic carbocycles. The Kier molecular flexibility index (Phi) is 3.05. The largest absolute Gasteiger partial charge is 0.378 e. The molecule has 81 valence electrons. The summed E-state index contributed by atoms with van der Waals surface area (Å²) in [6.45, 7) is 0. The van der Waals surface area contributed by atoms with Gasteiger partial charge in [0.05, 0.1) is 0 Å². The monoisotopic (exact) mass is 212 g/mol. The first-order chi connectivity index (χ1) is 7.75. The Balaban J connectivity index is 2.11. The number of hydrogen-bond acceptors (Lipinski definition) is 3. The minimum atomic E-state index is 0.830. The van der Waals surface area contributed by atoms with E-state index in [4.69, 9.17) is 0 Å². The maximum absolute atomic E-state index is 4.15. The van der Waals surface area contributed by atoms with Gasteiger partial charge < -0.3 is 10.2 Å². The van der Waals surface area contributed by atoms with Crippen molar-refractivity contribution in [3.63, 3.8) is 0 Å². The molecule has 3 nitrogen and oxygen atoms in total. The summed E-state index contributed by atoms with van der Waals surface area (Å²) in [5.74, 6) is 0.830. The summed E-state index contributed by atoms with van der Waals surface area (Å²) in [7, 11) is 4.05. The molecule has 0 aliphatic rings. The molecule has 0 aliphatic heterocycles. The third-order valence-corrected chi connectivity index (χ3v) is 2.27. The normalized spacial score (nSPS) is 9.88. The minimum Gasteiger partial charge on any atom is -0.378 e. The maximum Gasteiger partial charge on any atom is 0.130 e. The molecule has 1 aromatic heterocycles. The van der Waals surface area contributed by atoms with Crippen molar-refractivity contribution in [2.45, 2.75) is 0 Å². The molecule has 2 aromatic rings. The Morgan fingerprint density at radius 3 is 2.44 bits per heavy atom. The first-order valence-electron chi connectivity index (χ1n) is 5.12. The zero-order valence-corrected chi connectivity index (χ0v) is 9.44. The molecule has 1 heterocycles. The molecule has 0 saturated carbocycles. The lowest BCUT2D eigenvalue weighted by atomic mass is 10.2. The number of rotatable bonds is 3. The van der Waals surface area contributed by atoms with Gasteiger partial charge in [0.25, 0.3) is 0 Å². The molecule has 0 fully saturated rings. The fourth-order valence-corrected chi connectivity index (χ4v) is 1.38. The van der Waals surface area contributed by atoms with Crippen molar-refractivity contribution in [1.82, 2.24) is 4.98 Å². The van der Waals surface area contributed by atoms with E-state index < -0.39 is 0 Å². The van der Waals surface area contributed by atoms with Crippen molar-refractivity contribution in [2.75, 3.05) is 24.3 Å². The van der Waals surface area contributed by atoms with Gasteiger partial charge in [0.2, 0.25) is 0 Å². The Morgan fingerprint density at radius 2 is 1.88 bits per heavy atom. The molecular weight excluding hydrogens is 198 g/mol. The van der Waals surface area contributed by atoms with E-state index in [0.29, 0.717) is 0 Å². The number of nitrogens with one attached hydrogen (secondary N) is 1. The van der Waals surface area contributed by atoms with Crippen molar-refractivity contribution in [3.05, 3.63) is 48.7 Å². The average molecular weight is 212 g/mol. The molecule has 1 aromatic carbocycles. The second-order valence-corrected chi connectivity index (χ2v) is 3.71. The second kappa shape index (κ2) is 4.66. The van der Waals surface area contributed by atoms with Crippen LogP contribution in [-0.2, 0) is 0 Å². The number of nitrogens with zero attached hydrogens (tertiary/aromatic N) is 2. The summed E-state index contributed by atoms with van der Waals surface area (Å²) in [6.07, 6.45) is 1.65. The fourth-order valence-electron chi connectivity index (χ4n) is 1.38. The van der Waals surface area contributed by atoms with Crippen LogP contribution in [0.15, 0.2) is 42.6 Å². The van der Waals surface area contributed by atoms with Crippen LogP contribution in [0.1, 0.15) is 0 Å². The van der Waals surface area contributed by atoms with Gasteiger partial charge in [-0.05, 0) is 36.4 Å². The highest BCUT2D eigenvalue weighted by atomic mass is 15.1. The van der Waals surface area contributed by atoms with E-state index in [2.05, 4.69) is 33.4 Å². The highest BCUT2D eigenvalue weighted by molar-refractivity contribution is 5.60. The molecular formula is C13H14N3. The highest BCUT2D eigenvalue weighted by Crippen LogP contribution is 2.18. The first kappa shape index (κ1) is 10.5. The third kappa shape index (κ3) is 2.51. The van der Waals surface area contributed by atoms with Crippen molar-refractivity contribution in [1.29, 1.82) is 0 Å². The van der Waals surface area contributed by atoms with E-state index in [1.807, 2.05) is 38.4 Å². The molecule has 0 saturated heterocycles. The predicted molar refractivity (Wildman–Crippen MR) is 67.1 cm³/mol. The molecule has 0 atom stereocenters. The van der Waals surface area contributed by atoms with E-state index in [0.717, 1.165) is 11.5 Å². The van der Waals surface area contributed by atoms with Gasteiger partial charge in [0, 0.05) is 37.7 Å². The maximum atomic E-state index is 4.15. The van der Waals surface area contributed by atoms with Crippen molar-refractivity contribution < 1.29 is 0 Å². The Labute approximate surface area is 95.7 Å². The molecule has 1 N–H and O–H groups in total. The van der Waals surface area contributed by atoms with E-state index in [-0.39, 0.29) is 0 Å². The average Bonchev–Trinajstić information content (AvgIpc) is 2.31. The van der Waals surface area contributed by atoms with Crippen LogP contribution in [0.5, 0.6) is 0 Å². The second-order valence-electron chi connectivity index (χ2n) is 3.71. The molecule has 1 radical (unpaired) electrons. The number of hydrogen-bond donors (Lipinski definition) is 1. The summed E-state index contributed by atoms with van der Waals surface area (Å²) in [4.78, 5) is 6.22. The summed E-state index contributed by atoms with van der Waals surface area (Å²) < 4.78 is 0. The lowest BCUT2D eigenvalue weighted by Crippen LogP contribution is -2.08. The van der Waals surface area contributed by atoms with E-state index in [9.17, 15) is 0 Å². The van der Waals surface area contributed by atoms with Crippen LogP contribution in [0, 0.1) is 6.07 Å². The van der Waals surface area contributed by atoms with Crippen LogP contribution in [0.4, 0.5) is 17.2 Å². The van der Waals surface area contributed by atoms with Gasteiger partial charge in [-0.1, -0.05) is 0 Å². The Hall–Kier alpha value is -2.03. The molecule has 0 unspecified atom stereocenters.